The SMILES string of the molecule is CSCCC(NC(=O)C(CCCCN)NC(=O)C(Cc1ccc(O)cc1)NC(=O)C(N)C(C)C)C(=O)O. The van der Waals surface area contributed by atoms with Crippen LogP contribution in [-0.2, 0) is 25.6 Å². The normalized spacial score (nSPS) is 14.3. The smallest absolute Gasteiger partial charge is 0.326 e. The van der Waals surface area contributed by atoms with E-state index >= 15 is 0 Å². The molecule has 4 atom stereocenters. The van der Waals surface area contributed by atoms with Gasteiger partial charge in [0.2, 0.25) is 17.7 Å². The van der Waals surface area contributed by atoms with Crippen LogP contribution in [-0.4, -0.2) is 76.6 Å². The fraction of sp³-hybridized carbons (Fsp3) is 0.600. The molecule has 0 saturated heterocycles. The minimum atomic E-state index is -1.16. The Kier molecular flexibility index (Phi) is 14.6. The van der Waals surface area contributed by atoms with E-state index in [1.165, 1.54) is 23.9 Å². The number of thioether (sulfide) groups is 1. The quantitative estimate of drug-likeness (QED) is 0.136. The van der Waals surface area contributed by atoms with Crippen molar-refractivity contribution < 1.29 is 29.4 Å². The average Bonchev–Trinajstić information content (AvgIpc) is 2.85. The van der Waals surface area contributed by atoms with Crippen LogP contribution >= 0.6 is 11.8 Å². The number of carboxylic acids is 1. The molecule has 0 bridgehead atoms. The molecule has 1 rings (SSSR count). The van der Waals surface area contributed by atoms with E-state index < -0.39 is 47.9 Å². The van der Waals surface area contributed by atoms with E-state index in [-0.39, 0.29) is 30.9 Å². The summed E-state index contributed by atoms with van der Waals surface area (Å²) >= 11 is 1.46. The van der Waals surface area contributed by atoms with Crippen LogP contribution in [0.25, 0.3) is 0 Å². The highest BCUT2D eigenvalue weighted by Gasteiger charge is 2.30. The van der Waals surface area contributed by atoms with Crippen molar-refractivity contribution in [3.05, 3.63) is 29.8 Å². The molecule has 1 aromatic rings. The van der Waals surface area contributed by atoms with E-state index in [1.807, 2.05) is 6.26 Å². The number of unbranched alkanes of at least 4 members (excludes halogenated alkanes) is 1. The first-order chi connectivity index (χ1) is 17.5. The largest absolute Gasteiger partial charge is 0.508 e. The minimum absolute atomic E-state index is 0.0571. The number of nitrogens with one attached hydrogen (secondary N) is 3. The molecule has 0 radical (unpaired) electrons. The van der Waals surface area contributed by atoms with Crippen LogP contribution < -0.4 is 27.4 Å². The van der Waals surface area contributed by atoms with E-state index in [0.717, 1.165) is 0 Å². The van der Waals surface area contributed by atoms with Gasteiger partial charge in [0.15, 0.2) is 0 Å². The fourth-order valence-corrected chi connectivity index (χ4v) is 3.92. The molecule has 9 N–H and O–H groups in total. The standard InChI is InChI=1S/C25H41N5O6S/c1-15(2)21(27)24(34)30-20(14-16-7-9-17(31)10-8-16)23(33)28-18(6-4-5-12-26)22(32)29-19(25(35)36)11-13-37-3/h7-10,15,18-21,31H,4-6,11-14,26-27H2,1-3H3,(H,28,33)(H,29,32)(H,30,34)(H,35,36). The van der Waals surface area contributed by atoms with E-state index in [0.29, 0.717) is 30.7 Å². The first-order valence-corrected chi connectivity index (χ1v) is 13.8. The van der Waals surface area contributed by atoms with Gasteiger partial charge in [-0.1, -0.05) is 26.0 Å². The summed E-state index contributed by atoms with van der Waals surface area (Å²) < 4.78 is 0. The zero-order valence-electron chi connectivity index (χ0n) is 21.7. The van der Waals surface area contributed by atoms with Crippen molar-refractivity contribution in [1.82, 2.24) is 16.0 Å². The number of rotatable bonds is 17. The van der Waals surface area contributed by atoms with Gasteiger partial charge in [-0.05, 0) is 67.9 Å². The Morgan fingerprint density at radius 1 is 0.892 bits per heavy atom. The second-order valence-electron chi connectivity index (χ2n) is 9.23. The molecule has 37 heavy (non-hydrogen) atoms. The second kappa shape index (κ2) is 16.8. The molecular formula is C25H41N5O6S. The number of aliphatic carboxylic acids is 1. The maximum Gasteiger partial charge on any atom is 0.326 e. The van der Waals surface area contributed by atoms with Gasteiger partial charge < -0.3 is 37.6 Å². The maximum atomic E-state index is 13.3. The number of hydrogen-bond donors (Lipinski definition) is 7. The highest BCUT2D eigenvalue weighted by Crippen LogP contribution is 2.13. The monoisotopic (exact) mass is 539 g/mol. The van der Waals surface area contributed by atoms with Crippen LogP contribution in [0, 0.1) is 5.92 Å². The number of carboxylic acid groups (broad SMARTS) is 1. The summed E-state index contributed by atoms with van der Waals surface area (Å²) in [6, 6.07) is 2.17. The molecule has 1 aromatic carbocycles. The van der Waals surface area contributed by atoms with Gasteiger partial charge in [0.05, 0.1) is 6.04 Å². The third-order valence-corrected chi connectivity index (χ3v) is 6.48. The number of carbonyl (C=O) groups is 4. The highest BCUT2D eigenvalue weighted by molar-refractivity contribution is 7.98. The van der Waals surface area contributed by atoms with Crippen LogP contribution in [0.4, 0.5) is 0 Å². The molecule has 4 unspecified atom stereocenters. The van der Waals surface area contributed by atoms with Crippen molar-refractivity contribution >= 4 is 35.5 Å². The number of phenols is 1. The van der Waals surface area contributed by atoms with Gasteiger partial charge in [-0.2, -0.15) is 11.8 Å². The summed E-state index contributed by atoms with van der Waals surface area (Å²) in [6.07, 6.45) is 3.55. The van der Waals surface area contributed by atoms with Gasteiger partial charge in [0.1, 0.15) is 23.9 Å². The lowest BCUT2D eigenvalue weighted by atomic mass is 10.0. The fourth-order valence-electron chi connectivity index (χ4n) is 3.45. The third kappa shape index (κ3) is 11.8. The molecule has 0 aromatic heterocycles. The first kappa shape index (κ1) is 32.2. The van der Waals surface area contributed by atoms with Crippen molar-refractivity contribution in [2.45, 2.75) is 70.1 Å². The number of hydrogen-bond acceptors (Lipinski definition) is 8. The number of phenolic OH excluding ortho intramolecular Hbond substituents is 1. The second-order valence-corrected chi connectivity index (χ2v) is 10.2. The topological polar surface area (TPSA) is 197 Å². The van der Waals surface area contributed by atoms with Crippen LogP contribution in [0.15, 0.2) is 24.3 Å². The summed E-state index contributed by atoms with van der Waals surface area (Å²) in [5.74, 6) is -2.47. The van der Waals surface area contributed by atoms with Gasteiger partial charge in [0, 0.05) is 6.42 Å². The summed E-state index contributed by atoms with van der Waals surface area (Å²) in [5.41, 5.74) is 12.2. The molecule has 0 saturated carbocycles. The number of amides is 3. The van der Waals surface area contributed by atoms with Crippen molar-refractivity contribution in [2.24, 2.45) is 17.4 Å². The van der Waals surface area contributed by atoms with Crippen molar-refractivity contribution in [3.63, 3.8) is 0 Å². The van der Waals surface area contributed by atoms with E-state index in [9.17, 15) is 29.4 Å². The van der Waals surface area contributed by atoms with Crippen LogP contribution in [0.3, 0.4) is 0 Å². The predicted octanol–water partition coefficient (Wildman–Crippen LogP) is 0.339. The molecule has 0 fully saturated rings. The highest BCUT2D eigenvalue weighted by atomic mass is 32.2. The van der Waals surface area contributed by atoms with Gasteiger partial charge in [-0.25, -0.2) is 4.79 Å². The zero-order valence-corrected chi connectivity index (χ0v) is 22.6. The number of carbonyl (C=O) groups excluding carboxylic acids is 3. The Balaban J connectivity index is 3.12. The Bertz CT molecular complexity index is 883. The molecular weight excluding hydrogens is 498 g/mol. The lowest BCUT2D eigenvalue weighted by Gasteiger charge is -2.26. The van der Waals surface area contributed by atoms with E-state index in [2.05, 4.69) is 16.0 Å². The lowest BCUT2D eigenvalue weighted by Crippen LogP contribution is -2.58. The minimum Gasteiger partial charge on any atom is -0.508 e. The first-order valence-electron chi connectivity index (χ1n) is 12.4. The molecule has 0 heterocycles. The summed E-state index contributed by atoms with van der Waals surface area (Å²) in [5, 5.41) is 26.9. The van der Waals surface area contributed by atoms with Crippen molar-refractivity contribution in [1.29, 1.82) is 0 Å². The Morgan fingerprint density at radius 3 is 2.00 bits per heavy atom. The number of benzene rings is 1. The molecule has 3 amide bonds. The average molecular weight is 540 g/mol. The molecule has 208 valence electrons. The van der Waals surface area contributed by atoms with E-state index in [1.54, 1.807) is 26.0 Å². The molecule has 0 aliphatic carbocycles. The van der Waals surface area contributed by atoms with Gasteiger partial charge >= 0.3 is 5.97 Å². The summed E-state index contributed by atoms with van der Waals surface area (Å²) in [7, 11) is 0. The summed E-state index contributed by atoms with van der Waals surface area (Å²) in [6.45, 7) is 3.97. The predicted molar refractivity (Wildman–Crippen MR) is 144 cm³/mol. The van der Waals surface area contributed by atoms with Crippen molar-refractivity contribution in [3.8, 4) is 5.75 Å². The Morgan fingerprint density at radius 2 is 1.46 bits per heavy atom. The molecule has 12 heteroatoms. The molecule has 11 nitrogen and oxygen atoms in total. The Labute approximate surface area is 222 Å². The van der Waals surface area contributed by atoms with Crippen molar-refractivity contribution in [2.75, 3.05) is 18.6 Å². The zero-order chi connectivity index (χ0) is 28.0. The van der Waals surface area contributed by atoms with E-state index in [4.69, 9.17) is 11.5 Å². The number of nitrogens with two attached hydrogens (primary N) is 2. The number of aromatic hydroxyl groups is 1. The Hall–Kier alpha value is -2.83. The lowest BCUT2D eigenvalue weighted by molar-refractivity contribution is -0.142. The van der Waals surface area contributed by atoms with Crippen LogP contribution in [0.5, 0.6) is 5.75 Å². The molecule has 0 spiro atoms. The van der Waals surface area contributed by atoms with Gasteiger partial charge in [-0.15, -0.1) is 0 Å². The van der Waals surface area contributed by atoms with Crippen LogP contribution in [0.1, 0.15) is 45.1 Å². The van der Waals surface area contributed by atoms with Gasteiger partial charge in [0.25, 0.3) is 0 Å². The molecule has 0 aliphatic rings. The molecule has 0 aliphatic heterocycles. The summed E-state index contributed by atoms with van der Waals surface area (Å²) in [4.78, 5) is 50.7. The van der Waals surface area contributed by atoms with Crippen LogP contribution in [0.2, 0.25) is 0 Å². The maximum absolute atomic E-state index is 13.3. The third-order valence-electron chi connectivity index (χ3n) is 5.84. The van der Waals surface area contributed by atoms with Gasteiger partial charge in [-0.3, -0.25) is 14.4 Å².